The van der Waals surface area contributed by atoms with Crippen LogP contribution in [0.3, 0.4) is 0 Å². The van der Waals surface area contributed by atoms with Crippen LogP contribution in [0.5, 0.6) is 11.5 Å². The molecule has 0 spiro atoms. The van der Waals surface area contributed by atoms with Crippen LogP contribution in [0.25, 0.3) is 0 Å². The fourth-order valence-corrected chi connectivity index (χ4v) is 1.37. The van der Waals surface area contributed by atoms with Gasteiger partial charge in [0.05, 0.1) is 6.61 Å². The Bertz CT molecular complexity index is 287. The maximum absolute atomic E-state index is 9.62. The van der Waals surface area contributed by atoms with Crippen LogP contribution in [0.2, 0.25) is 0 Å². The Morgan fingerprint density at radius 1 is 1.43 bits per heavy atom. The summed E-state index contributed by atoms with van der Waals surface area (Å²) < 4.78 is 5.41. The van der Waals surface area contributed by atoms with Crippen LogP contribution in [0, 0.1) is 0 Å². The van der Waals surface area contributed by atoms with Crippen molar-refractivity contribution in [3.05, 3.63) is 23.8 Å². The summed E-state index contributed by atoms with van der Waals surface area (Å²) in [5.74, 6) is 1.06. The summed E-state index contributed by atoms with van der Waals surface area (Å²) in [7, 11) is 0. The molecule has 14 heavy (non-hydrogen) atoms. The highest BCUT2D eigenvalue weighted by Crippen LogP contribution is 2.28. The molecule has 0 radical (unpaired) electrons. The van der Waals surface area contributed by atoms with Crippen molar-refractivity contribution in [2.24, 2.45) is 5.73 Å². The van der Waals surface area contributed by atoms with Crippen molar-refractivity contribution in [2.75, 3.05) is 13.2 Å². The molecule has 3 nitrogen and oxygen atoms in total. The number of benzene rings is 1. The van der Waals surface area contributed by atoms with Crippen molar-refractivity contribution in [3.8, 4) is 11.5 Å². The minimum atomic E-state index is 0.296. The molecule has 3 N–H and O–H groups in total. The molecule has 0 atom stereocenters. The fourth-order valence-electron chi connectivity index (χ4n) is 1.37. The van der Waals surface area contributed by atoms with Crippen molar-refractivity contribution in [1.29, 1.82) is 0 Å². The normalized spacial score (nSPS) is 10.1. The predicted octanol–water partition coefficient (Wildman–Crippen LogP) is 1.68. The number of ether oxygens (including phenoxy) is 1. The highest BCUT2D eigenvalue weighted by Gasteiger charge is 2.07. The Morgan fingerprint density at radius 3 is 2.86 bits per heavy atom. The second-order valence-corrected chi connectivity index (χ2v) is 3.08. The van der Waals surface area contributed by atoms with Gasteiger partial charge in [-0.3, -0.25) is 0 Å². The minimum Gasteiger partial charge on any atom is -0.508 e. The number of hydrogen-bond donors (Lipinski definition) is 2. The Balaban J connectivity index is 2.84. The third-order valence-corrected chi connectivity index (χ3v) is 2.04. The number of rotatable bonds is 5. The van der Waals surface area contributed by atoms with Gasteiger partial charge in [-0.05, 0) is 38.4 Å². The molecular weight excluding hydrogens is 178 g/mol. The highest BCUT2D eigenvalue weighted by atomic mass is 16.5. The van der Waals surface area contributed by atoms with Crippen molar-refractivity contribution in [3.63, 3.8) is 0 Å². The molecule has 0 fully saturated rings. The Morgan fingerprint density at radius 2 is 2.21 bits per heavy atom. The second-order valence-electron chi connectivity index (χ2n) is 3.08. The van der Waals surface area contributed by atoms with Crippen molar-refractivity contribution < 1.29 is 9.84 Å². The van der Waals surface area contributed by atoms with E-state index < -0.39 is 0 Å². The number of nitrogens with two attached hydrogens (primary N) is 1. The largest absolute Gasteiger partial charge is 0.508 e. The molecule has 3 heteroatoms. The zero-order valence-corrected chi connectivity index (χ0v) is 8.49. The lowest BCUT2D eigenvalue weighted by Gasteiger charge is -2.10. The SMILES string of the molecule is CCOc1cccc(O)c1CCCN. The van der Waals surface area contributed by atoms with Crippen LogP contribution < -0.4 is 10.5 Å². The lowest BCUT2D eigenvalue weighted by molar-refractivity contribution is 0.332. The van der Waals surface area contributed by atoms with Crippen molar-refractivity contribution in [1.82, 2.24) is 0 Å². The average Bonchev–Trinajstić information content (AvgIpc) is 2.18. The first-order valence-electron chi connectivity index (χ1n) is 4.93. The first kappa shape index (κ1) is 10.9. The van der Waals surface area contributed by atoms with Gasteiger partial charge < -0.3 is 15.6 Å². The fraction of sp³-hybridized carbons (Fsp3) is 0.455. The van der Waals surface area contributed by atoms with E-state index in [4.69, 9.17) is 10.5 Å². The van der Waals surface area contributed by atoms with Crippen LogP contribution in [0.4, 0.5) is 0 Å². The Labute approximate surface area is 84.5 Å². The maximum Gasteiger partial charge on any atom is 0.126 e. The summed E-state index contributed by atoms with van der Waals surface area (Å²) in [6.07, 6.45) is 1.62. The summed E-state index contributed by atoms with van der Waals surface area (Å²) in [4.78, 5) is 0. The van der Waals surface area contributed by atoms with Gasteiger partial charge in [-0.15, -0.1) is 0 Å². The topological polar surface area (TPSA) is 55.5 Å². The lowest BCUT2D eigenvalue weighted by atomic mass is 10.1. The van der Waals surface area contributed by atoms with Gasteiger partial charge in [-0.1, -0.05) is 6.07 Å². The lowest BCUT2D eigenvalue weighted by Crippen LogP contribution is -2.02. The van der Waals surface area contributed by atoms with Gasteiger partial charge in [-0.2, -0.15) is 0 Å². The van der Waals surface area contributed by atoms with Gasteiger partial charge in [-0.25, -0.2) is 0 Å². The number of aromatic hydroxyl groups is 1. The highest BCUT2D eigenvalue weighted by molar-refractivity contribution is 5.43. The first-order chi connectivity index (χ1) is 6.79. The van der Waals surface area contributed by atoms with E-state index in [1.807, 2.05) is 13.0 Å². The van der Waals surface area contributed by atoms with Gasteiger partial charge in [0.2, 0.25) is 0 Å². The smallest absolute Gasteiger partial charge is 0.126 e. The maximum atomic E-state index is 9.62. The molecule has 0 aromatic heterocycles. The molecule has 0 bridgehead atoms. The van der Waals surface area contributed by atoms with Crippen LogP contribution in [0.1, 0.15) is 18.9 Å². The molecule has 78 valence electrons. The minimum absolute atomic E-state index is 0.296. The van der Waals surface area contributed by atoms with E-state index >= 15 is 0 Å². The van der Waals surface area contributed by atoms with Gasteiger partial charge in [0.1, 0.15) is 11.5 Å². The first-order valence-corrected chi connectivity index (χ1v) is 4.93. The van der Waals surface area contributed by atoms with E-state index in [1.165, 1.54) is 0 Å². The summed E-state index contributed by atoms with van der Waals surface area (Å²) >= 11 is 0. The molecular formula is C11H17NO2. The molecule has 0 amide bonds. The molecule has 0 heterocycles. The number of hydrogen-bond acceptors (Lipinski definition) is 3. The van der Waals surface area contributed by atoms with Crippen LogP contribution in [-0.2, 0) is 6.42 Å². The third-order valence-electron chi connectivity index (χ3n) is 2.04. The van der Waals surface area contributed by atoms with E-state index in [0.717, 1.165) is 24.2 Å². The van der Waals surface area contributed by atoms with Gasteiger partial charge in [0.15, 0.2) is 0 Å². The van der Waals surface area contributed by atoms with Crippen molar-refractivity contribution in [2.45, 2.75) is 19.8 Å². The Kier molecular flexibility index (Phi) is 4.26. The van der Waals surface area contributed by atoms with Crippen LogP contribution in [-0.4, -0.2) is 18.3 Å². The van der Waals surface area contributed by atoms with E-state index in [2.05, 4.69) is 0 Å². The quantitative estimate of drug-likeness (QED) is 0.751. The monoisotopic (exact) mass is 195 g/mol. The Hall–Kier alpha value is -1.22. The standard InChI is InChI=1S/C11H17NO2/c1-2-14-11-7-3-6-10(13)9(11)5-4-8-12/h3,6-7,13H,2,4-5,8,12H2,1H3. The van der Waals surface area contributed by atoms with Gasteiger partial charge in [0.25, 0.3) is 0 Å². The summed E-state index contributed by atoms with van der Waals surface area (Å²) in [5, 5.41) is 9.62. The molecule has 0 saturated carbocycles. The molecule has 0 aliphatic carbocycles. The van der Waals surface area contributed by atoms with E-state index in [9.17, 15) is 5.11 Å². The molecule has 1 aromatic rings. The second kappa shape index (κ2) is 5.50. The third kappa shape index (κ3) is 2.64. The zero-order chi connectivity index (χ0) is 10.4. The van der Waals surface area contributed by atoms with E-state index in [0.29, 0.717) is 18.9 Å². The summed E-state index contributed by atoms with van der Waals surface area (Å²) in [6, 6.07) is 5.33. The van der Waals surface area contributed by atoms with Crippen molar-refractivity contribution >= 4 is 0 Å². The number of phenolic OH excluding ortho intramolecular Hbond substituents is 1. The molecule has 0 unspecified atom stereocenters. The molecule has 0 aliphatic heterocycles. The van der Waals surface area contributed by atoms with Gasteiger partial charge >= 0.3 is 0 Å². The predicted molar refractivity (Wildman–Crippen MR) is 56.7 cm³/mol. The van der Waals surface area contributed by atoms with Crippen LogP contribution in [0.15, 0.2) is 18.2 Å². The zero-order valence-electron chi connectivity index (χ0n) is 8.49. The summed E-state index contributed by atoms with van der Waals surface area (Å²) in [5.41, 5.74) is 6.29. The molecule has 1 aromatic carbocycles. The van der Waals surface area contributed by atoms with E-state index in [-0.39, 0.29) is 0 Å². The van der Waals surface area contributed by atoms with Crippen LogP contribution >= 0.6 is 0 Å². The molecule has 0 saturated heterocycles. The average molecular weight is 195 g/mol. The number of phenols is 1. The van der Waals surface area contributed by atoms with Gasteiger partial charge in [0, 0.05) is 5.56 Å². The van der Waals surface area contributed by atoms with E-state index in [1.54, 1.807) is 12.1 Å². The molecule has 1 rings (SSSR count). The molecule has 0 aliphatic rings. The summed E-state index contributed by atoms with van der Waals surface area (Å²) in [6.45, 7) is 3.16.